The number of anilines is 1. The third-order valence-corrected chi connectivity index (χ3v) is 5.43. The average Bonchev–Trinajstić information content (AvgIpc) is 2.95. The van der Waals surface area contributed by atoms with E-state index in [0.717, 1.165) is 31.7 Å². The van der Waals surface area contributed by atoms with Crippen molar-refractivity contribution >= 4 is 33.1 Å². The minimum absolute atomic E-state index is 0.271. The first-order chi connectivity index (χ1) is 11.0. The van der Waals surface area contributed by atoms with E-state index >= 15 is 0 Å². The number of aryl methyl sites for hydroxylation is 1. The van der Waals surface area contributed by atoms with E-state index in [-0.39, 0.29) is 5.82 Å². The zero-order valence-electron chi connectivity index (χ0n) is 12.7. The molecule has 0 amide bonds. The number of benzene rings is 1. The number of thiophene rings is 1. The molecule has 2 heterocycles. The van der Waals surface area contributed by atoms with Crippen molar-refractivity contribution < 1.29 is 0 Å². The van der Waals surface area contributed by atoms with Crippen LogP contribution in [0.5, 0.6) is 0 Å². The number of nitrogen functional groups attached to an aromatic ring is 1. The Morgan fingerprint density at radius 1 is 1.22 bits per heavy atom. The van der Waals surface area contributed by atoms with Crippen molar-refractivity contribution in [3.05, 3.63) is 56.9 Å². The van der Waals surface area contributed by atoms with Crippen LogP contribution in [0.3, 0.4) is 0 Å². The maximum absolute atomic E-state index is 9.51. The van der Waals surface area contributed by atoms with Crippen LogP contribution in [0.2, 0.25) is 0 Å². The van der Waals surface area contributed by atoms with Crippen LogP contribution in [0, 0.1) is 25.2 Å². The summed E-state index contributed by atoms with van der Waals surface area (Å²) in [5, 5.41) is 11.5. The van der Waals surface area contributed by atoms with Gasteiger partial charge in [-0.25, -0.2) is 4.98 Å². The second kappa shape index (κ2) is 6.15. The summed E-state index contributed by atoms with van der Waals surface area (Å²) in [5.74, 6) is 0.271. The van der Waals surface area contributed by atoms with Crippen LogP contribution in [-0.2, 0) is 0 Å². The van der Waals surface area contributed by atoms with Crippen LogP contribution in [0.15, 0.2) is 40.2 Å². The normalized spacial score (nSPS) is 10.5. The van der Waals surface area contributed by atoms with Gasteiger partial charge < -0.3 is 5.73 Å². The Hall–Kier alpha value is -2.16. The molecule has 0 aliphatic heterocycles. The lowest BCUT2D eigenvalue weighted by molar-refractivity contribution is 1.26. The fourth-order valence-corrected chi connectivity index (χ4v) is 4.09. The summed E-state index contributed by atoms with van der Waals surface area (Å²) in [4.78, 5) is 5.49. The van der Waals surface area contributed by atoms with Gasteiger partial charge in [-0.05, 0) is 41.4 Å². The molecule has 2 aromatic heterocycles. The van der Waals surface area contributed by atoms with Gasteiger partial charge in [0.2, 0.25) is 0 Å². The summed E-state index contributed by atoms with van der Waals surface area (Å²) in [5.41, 5.74) is 11.4. The predicted octanol–water partition coefficient (Wildman–Crippen LogP) is 5.31. The average molecular weight is 384 g/mol. The van der Waals surface area contributed by atoms with Crippen LogP contribution in [-0.4, -0.2) is 4.98 Å². The molecule has 2 N–H and O–H groups in total. The molecule has 0 saturated carbocycles. The molecule has 0 aliphatic carbocycles. The lowest BCUT2D eigenvalue weighted by Crippen LogP contribution is -2.02. The summed E-state index contributed by atoms with van der Waals surface area (Å²) in [6.45, 7) is 4.04. The minimum Gasteiger partial charge on any atom is -0.383 e. The van der Waals surface area contributed by atoms with Gasteiger partial charge in [-0.2, -0.15) is 5.26 Å². The molecule has 0 saturated heterocycles. The summed E-state index contributed by atoms with van der Waals surface area (Å²) in [6, 6.07) is 12.4. The molecule has 3 nitrogen and oxygen atoms in total. The molecule has 5 heteroatoms. The number of nitrogens with zero attached hydrogens (tertiary/aromatic N) is 2. The van der Waals surface area contributed by atoms with Gasteiger partial charge in [-0.3, -0.25) is 0 Å². The largest absolute Gasteiger partial charge is 0.383 e. The van der Waals surface area contributed by atoms with Crippen molar-refractivity contribution in [2.24, 2.45) is 0 Å². The van der Waals surface area contributed by atoms with Gasteiger partial charge in [0.25, 0.3) is 0 Å². The lowest BCUT2D eigenvalue weighted by atomic mass is 9.96. The monoisotopic (exact) mass is 383 g/mol. The fraction of sp³-hybridized carbons (Fsp3) is 0.111. The van der Waals surface area contributed by atoms with Gasteiger partial charge in [-0.15, -0.1) is 11.3 Å². The Morgan fingerprint density at radius 2 is 1.91 bits per heavy atom. The van der Waals surface area contributed by atoms with E-state index in [2.05, 4.69) is 27.0 Å². The van der Waals surface area contributed by atoms with Crippen molar-refractivity contribution in [3.8, 4) is 27.8 Å². The maximum Gasteiger partial charge on any atom is 0.142 e. The van der Waals surface area contributed by atoms with Gasteiger partial charge in [0.15, 0.2) is 0 Å². The Labute approximate surface area is 147 Å². The van der Waals surface area contributed by atoms with Crippen molar-refractivity contribution in [1.29, 1.82) is 5.26 Å². The van der Waals surface area contributed by atoms with Crippen molar-refractivity contribution in [1.82, 2.24) is 4.98 Å². The van der Waals surface area contributed by atoms with E-state index in [9.17, 15) is 5.26 Å². The first-order valence-corrected chi connectivity index (χ1v) is 8.70. The fourth-order valence-electron chi connectivity index (χ4n) is 2.55. The SMILES string of the molecule is Cc1ccc(-c2nc(N)c(C#N)c(-c3cc(Br)cs3)c2C)cc1. The molecule has 0 aliphatic rings. The molecular formula is C18H14BrN3S. The van der Waals surface area contributed by atoms with E-state index in [1.165, 1.54) is 5.56 Å². The highest BCUT2D eigenvalue weighted by Crippen LogP contribution is 2.39. The van der Waals surface area contributed by atoms with E-state index in [4.69, 9.17) is 5.73 Å². The third kappa shape index (κ3) is 2.88. The molecule has 0 atom stereocenters. The molecular weight excluding hydrogens is 370 g/mol. The Morgan fingerprint density at radius 3 is 2.48 bits per heavy atom. The summed E-state index contributed by atoms with van der Waals surface area (Å²) < 4.78 is 0.994. The standard InChI is InChI=1S/C18H14BrN3S/c1-10-3-5-12(6-4-10)17-11(2)16(14(8-20)18(21)22-17)15-7-13(19)9-23-15/h3-7,9H,1-2H3,(H2,21,22). The summed E-state index contributed by atoms with van der Waals surface area (Å²) >= 11 is 5.05. The number of nitriles is 1. The van der Waals surface area contributed by atoms with Crippen molar-refractivity contribution in [2.75, 3.05) is 5.73 Å². The minimum atomic E-state index is 0.271. The summed E-state index contributed by atoms with van der Waals surface area (Å²) in [7, 11) is 0. The molecule has 23 heavy (non-hydrogen) atoms. The predicted molar refractivity (Wildman–Crippen MR) is 99.3 cm³/mol. The van der Waals surface area contributed by atoms with Crippen LogP contribution in [0.25, 0.3) is 21.7 Å². The third-order valence-electron chi connectivity index (χ3n) is 3.72. The zero-order chi connectivity index (χ0) is 16.6. The Kier molecular flexibility index (Phi) is 4.20. The smallest absolute Gasteiger partial charge is 0.142 e. The molecule has 1 aromatic carbocycles. The number of hydrogen-bond donors (Lipinski definition) is 1. The van der Waals surface area contributed by atoms with E-state index in [1.54, 1.807) is 11.3 Å². The number of halogens is 1. The van der Waals surface area contributed by atoms with Gasteiger partial charge in [-0.1, -0.05) is 29.8 Å². The molecule has 114 valence electrons. The Balaban J connectivity index is 2.30. The van der Waals surface area contributed by atoms with E-state index in [1.807, 2.05) is 49.6 Å². The van der Waals surface area contributed by atoms with E-state index < -0.39 is 0 Å². The lowest BCUT2D eigenvalue weighted by Gasteiger charge is -2.14. The second-order valence-corrected chi connectivity index (χ2v) is 7.15. The molecule has 0 unspecified atom stereocenters. The van der Waals surface area contributed by atoms with Crippen LogP contribution in [0.4, 0.5) is 5.82 Å². The van der Waals surface area contributed by atoms with Crippen molar-refractivity contribution in [2.45, 2.75) is 13.8 Å². The number of hydrogen-bond acceptors (Lipinski definition) is 4. The van der Waals surface area contributed by atoms with Crippen LogP contribution < -0.4 is 5.73 Å². The Bertz CT molecular complexity index is 921. The molecule has 3 rings (SSSR count). The number of pyridine rings is 1. The first kappa shape index (κ1) is 15.7. The van der Waals surface area contributed by atoms with Crippen molar-refractivity contribution in [3.63, 3.8) is 0 Å². The highest BCUT2D eigenvalue weighted by atomic mass is 79.9. The topological polar surface area (TPSA) is 62.7 Å². The van der Waals surface area contributed by atoms with Gasteiger partial charge in [0.05, 0.1) is 5.69 Å². The quantitative estimate of drug-likeness (QED) is 0.651. The molecule has 0 fully saturated rings. The number of nitrogens with two attached hydrogens (primary N) is 1. The molecule has 0 bridgehead atoms. The van der Waals surface area contributed by atoms with Gasteiger partial charge in [0, 0.05) is 25.9 Å². The summed E-state index contributed by atoms with van der Waals surface area (Å²) in [6.07, 6.45) is 0. The van der Waals surface area contributed by atoms with Crippen LogP contribution in [0.1, 0.15) is 16.7 Å². The van der Waals surface area contributed by atoms with Crippen LogP contribution >= 0.6 is 27.3 Å². The number of aromatic nitrogens is 1. The maximum atomic E-state index is 9.51. The number of rotatable bonds is 2. The highest BCUT2D eigenvalue weighted by molar-refractivity contribution is 9.10. The van der Waals surface area contributed by atoms with Gasteiger partial charge in [0.1, 0.15) is 17.5 Å². The van der Waals surface area contributed by atoms with E-state index in [0.29, 0.717) is 5.56 Å². The zero-order valence-corrected chi connectivity index (χ0v) is 15.1. The highest BCUT2D eigenvalue weighted by Gasteiger charge is 2.19. The first-order valence-electron chi connectivity index (χ1n) is 7.03. The molecule has 0 radical (unpaired) electrons. The van der Waals surface area contributed by atoms with Gasteiger partial charge >= 0.3 is 0 Å². The molecule has 3 aromatic rings. The second-order valence-electron chi connectivity index (χ2n) is 5.33. The molecule has 0 spiro atoms.